The van der Waals surface area contributed by atoms with Gasteiger partial charge in [-0.25, -0.2) is 18.6 Å². The predicted octanol–water partition coefficient (Wildman–Crippen LogP) is 5.05. The molecule has 0 fully saturated rings. The number of ether oxygens (including phenoxy) is 1. The summed E-state index contributed by atoms with van der Waals surface area (Å²) >= 11 is 12.2. The first-order valence-electron chi connectivity index (χ1n) is 11.4. The Bertz CT molecular complexity index is 1470. The fraction of sp³-hybridized carbons (Fsp3) is 0.222. The lowest BCUT2D eigenvalue weighted by atomic mass is 10.1. The van der Waals surface area contributed by atoms with E-state index in [9.17, 15) is 18.0 Å². The number of rotatable bonds is 9. The number of methoxy groups -OCH3 is 1. The monoisotopic (exact) mass is 575 g/mol. The molecular weight excluding hydrogens is 549 g/mol. The summed E-state index contributed by atoms with van der Waals surface area (Å²) in [7, 11) is -2.80. The predicted molar refractivity (Wildman–Crippen MR) is 148 cm³/mol. The van der Waals surface area contributed by atoms with Gasteiger partial charge >= 0.3 is 5.97 Å². The smallest absolute Gasteiger partial charge is 0.337 e. The van der Waals surface area contributed by atoms with Gasteiger partial charge in [-0.15, -0.1) is 0 Å². The second kappa shape index (κ2) is 12.5. The number of nitrogens with one attached hydrogen (secondary N) is 1. The van der Waals surface area contributed by atoms with Crippen LogP contribution in [0, 0.1) is 20.8 Å². The first kappa shape index (κ1) is 29.3. The maximum absolute atomic E-state index is 13.8. The number of esters is 1. The Morgan fingerprint density at radius 2 is 1.61 bits per heavy atom. The van der Waals surface area contributed by atoms with Gasteiger partial charge in [-0.2, -0.15) is 9.41 Å². The van der Waals surface area contributed by atoms with E-state index in [0.29, 0.717) is 32.8 Å². The van der Waals surface area contributed by atoms with Crippen molar-refractivity contribution in [3.8, 4) is 0 Å². The molecule has 0 spiro atoms. The third kappa shape index (κ3) is 7.20. The van der Waals surface area contributed by atoms with Crippen molar-refractivity contribution in [2.24, 2.45) is 5.10 Å². The van der Waals surface area contributed by atoms with E-state index >= 15 is 0 Å². The molecule has 0 radical (unpaired) electrons. The fourth-order valence-corrected chi connectivity index (χ4v) is 6.08. The van der Waals surface area contributed by atoms with Crippen molar-refractivity contribution in [3.05, 3.63) is 98.0 Å². The summed E-state index contributed by atoms with van der Waals surface area (Å²) in [6.45, 7) is 4.73. The van der Waals surface area contributed by atoms with Gasteiger partial charge in [0.2, 0.25) is 10.0 Å². The van der Waals surface area contributed by atoms with E-state index in [1.54, 1.807) is 68.4 Å². The number of aryl methyl sites for hydroxylation is 3. The molecule has 0 unspecified atom stereocenters. The van der Waals surface area contributed by atoms with Crippen LogP contribution in [0.2, 0.25) is 10.0 Å². The van der Waals surface area contributed by atoms with Crippen molar-refractivity contribution in [2.45, 2.75) is 32.2 Å². The zero-order valence-electron chi connectivity index (χ0n) is 21.3. The molecule has 1 N–H and O–H groups in total. The standard InChI is InChI=1S/C27H27Cl2N3O5S/c1-17-11-18(2)26(19(3)12-17)38(35,36)32(15-21-7-10-23(28)24(29)13-21)16-25(33)31-30-14-20-5-8-22(9-6-20)27(34)37-4/h5-14H,15-16H2,1-4H3,(H,31,33)/b30-14+. The van der Waals surface area contributed by atoms with E-state index < -0.39 is 28.4 Å². The third-order valence-corrected chi connectivity index (χ3v) is 8.44. The molecule has 0 heterocycles. The van der Waals surface area contributed by atoms with Crippen molar-refractivity contribution in [3.63, 3.8) is 0 Å². The van der Waals surface area contributed by atoms with Gasteiger partial charge in [0, 0.05) is 6.54 Å². The normalized spacial score (nSPS) is 11.7. The van der Waals surface area contributed by atoms with Gasteiger partial charge in [0.25, 0.3) is 5.91 Å². The van der Waals surface area contributed by atoms with Crippen LogP contribution in [-0.2, 0) is 26.1 Å². The van der Waals surface area contributed by atoms with Crippen LogP contribution in [0.5, 0.6) is 0 Å². The Labute approximate surface area is 232 Å². The van der Waals surface area contributed by atoms with E-state index in [4.69, 9.17) is 23.2 Å². The number of benzene rings is 3. The average Bonchev–Trinajstić information content (AvgIpc) is 2.85. The van der Waals surface area contributed by atoms with Crippen LogP contribution in [0.4, 0.5) is 0 Å². The number of carbonyl (C=O) groups is 2. The Morgan fingerprint density at radius 1 is 0.974 bits per heavy atom. The molecule has 0 aliphatic heterocycles. The first-order chi connectivity index (χ1) is 17.9. The highest BCUT2D eigenvalue weighted by Crippen LogP contribution is 2.28. The second-order valence-corrected chi connectivity index (χ2v) is 11.3. The minimum atomic E-state index is -4.09. The van der Waals surface area contributed by atoms with Crippen LogP contribution in [0.25, 0.3) is 0 Å². The molecule has 3 rings (SSSR count). The minimum Gasteiger partial charge on any atom is -0.465 e. The molecule has 38 heavy (non-hydrogen) atoms. The van der Waals surface area contributed by atoms with Gasteiger partial charge in [-0.1, -0.05) is 59.1 Å². The molecule has 11 heteroatoms. The molecule has 3 aromatic rings. The summed E-state index contributed by atoms with van der Waals surface area (Å²) in [5.41, 5.74) is 6.01. The van der Waals surface area contributed by atoms with Gasteiger partial charge < -0.3 is 4.74 Å². The Hall–Kier alpha value is -3.24. The molecule has 0 aliphatic rings. The molecule has 0 saturated carbocycles. The van der Waals surface area contributed by atoms with E-state index in [1.165, 1.54) is 13.3 Å². The number of amides is 1. The quantitative estimate of drug-likeness (QED) is 0.218. The van der Waals surface area contributed by atoms with Crippen LogP contribution in [0.1, 0.15) is 38.2 Å². The summed E-state index contributed by atoms with van der Waals surface area (Å²) in [4.78, 5) is 24.5. The van der Waals surface area contributed by atoms with E-state index in [1.807, 2.05) is 6.92 Å². The van der Waals surface area contributed by atoms with Gasteiger partial charge in [-0.3, -0.25) is 4.79 Å². The fourth-order valence-electron chi connectivity index (χ4n) is 3.97. The van der Waals surface area contributed by atoms with E-state index in [-0.39, 0.29) is 16.5 Å². The summed E-state index contributed by atoms with van der Waals surface area (Å²) in [5, 5.41) is 4.53. The highest BCUT2D eigenvalue weighted by molar-refractivity contribution is 7.89. The molecule has 1 amide bonds. The number of hydrogen-bond acceptors (Lipinski definition) is 6. The third-order valence-electron chi connectivity index (χ3n) is 5.60. The SMILES string of the molecule is COC(=O)c1ccc(/C=N/NC(=O)CN(Cc2ccc(Cl)c(Cl)c2)S(=O)(=O)c2c(C)cc(C)cc2C)cc1. The van der Waals surface area contributed by atoms with Crippen molar-refractivity contribution in [2.75, 3.05) is 13.7 Å². The molecule has 0 atom stereocenters. The molecule has 3 aromatic carbocycles. The van der Waals surface area contributed by atoms with Crippen molar-refractivity contribution < 1.29 is 22.7 Å². The number of hydrogen-bond donors (Lipinski definition) is 1. The minimum absolute atomic E-state index is 0.113. The summed E-state index contributed by atoms with van der Waals surface area (Å²) < 4.78 is 33.3. The lowest BCUT2D eigenvalue weighted by Crippen LogP contribution is -2.39. The molecule has 8 nitrogen and oxygen atoms in total. The molecule has 0 saturated heterocycles. The Balaban J connectivity index is 1.84. The van der Waals surface area contributed by atoms with Gasteiger partial charge in [0.1, 0.15) is 0 Å². The van der Waals surface area contributed by atoms with Crippen molar-refractivity contribution in [1.29, 1.82) is 0 Å². The van der Waals surface area contributed by atoms with E-state index in [0.717, 1.165) is 9.87 Å². The number of sulfonamides is 1. The topological polar surface area (TPSA) is 105 Å². The largest absolute Gasteiger partial charge is 0.465 e. The molecule has 0 aromatic heterocycles. The highest BCUT2D eigenvalue weighted by atomic mass is 35.5. The zero-order chi connectivity index (χ0) is 28.0. The van der Waals surface area contributed by atoms with Crippen LogP contribution >= 0.6 is 23.2 Å². The average molecular weight is 577 g/mol. The number of carbonyl (C=O) groups excluding carboxylic acids is 2. The van der Waals surface area contributed by atoms with Crippen LogP contribution in [0.3, 0.4) is 0 Å². The zero-order valence-corrected chi connectivity index (χ0v) is 23.6. The second-order valence-electron chi connectivity index (χ2n) is 8.66. The summed E-state index contributed by atoms with van der Waals surface area (Å²) in [5.74, 6) is -1.11. The number of halogens is 2. The van der Waals surface area contributed by atoms with Crippen molar-refractivity contribution in [1.82, 2.24) is 9.73 Å². The van der Waals surface area contributed by atoms with Gasteiger partial charge in [0.15, 0.2) is 0 Å². The molecule has 0 bridgehead atoms. The van der Waals surface area contributed by atoms with Crippen LogP contribution in [0.15, 0.2) is 64.6 Å². The molecule has 0 aliphatic carbocycles. The van der Waals surface area contributed by atoms with Gasteiger partial charge in [-0.05, 0) is 67.3 Å². The number of nitrogens with zero attached hydrogens (tertiary/aromatic N) is 2. The molecular formula is C27H27Cl2N3O5S. The Morgan fingerprint density at radius 3 is 2.18 bits per heavy atom. The maximum atomic E-state index is 13.8. The molecule has 200 valence electrons. The highest BCUT2D eigenvalue weighted by Gasteiger charge is 2.30. The first-order valence-corrected chi connectivity index (χ1v) is 13.6. The summed E-state index contributed by atoms with van der Waals surface area (Å²) in [6, 6.07) is 14.7. The Kier molecular flexibility index (Phi) is 9.67. The van der Waals surface area contributed by atoms with Crippen LogP contribution < -0.4 is 5.43 Å². The maximum Gasteiger partial charge on any atom is 0.337 e. The summed E-state index contributed by atoms with van der Waals surface area (Å²) in [6.07, 6.45) is 1.38. The van der Waals surface area contributed by atoms with Crippen molar-refractivity contribution >= 4 is 51.3 Å². The number of hydrazone groups is 1. The van der Waals surface area contributed by atoms with Crippen LogP contribution in [-0.4, -0.2) is 44.5 Å². The lowest BCUT2D eigenvalue weighted by molar-refractivity contribution is -0.121. The van der Waals surface area contributed by atoms with Gasteiger partial charge in [0.05, 0.1) is 40.4 Å². The lowest BCUT2D eigenvalue weighted by Gasteiger charge is -2.24. The van der Waals surface area contributed by atoms with E-state index in [2.05, 4.69) is 15.3 Å².